The Kier molecular flexibility index (Phi) is 3.81. The lowest BCUT2D eigenvalue weighted by Gasteiger charge is -2.33. The van der Waals surface area contributed by atoms with Crippen molar-refractivity contribution in [3.63, 3.8) is 0 Å². The van der Waals surface area contributed by atoms with Crippen LogP contribution in [0.5, 0.6) is 0 Å². The normalized spacial score (nSPS) is 16.1. The van der Waals surface area contributed by atoms with Crippen LogP contribution in [0.3, 0.4) is 0 Å². The van der Waals surface area contributed by atoms with Gasteiger partial charge in [-0.3, -0.25) is 0 Å². The van der Waals surface area contributed by atoms with Gasteiger partial charge in [-0.2, -0.15) is 0 Å². The Morgan fingerprint density at radius 3 is 2.45 bits per heavy atom. The molecule has 1 aromatic carbocycles. The summed E-state index contributed by atoms with van der Waals surface area (Å²) in [7, 11) is 0. The maximum absolute atomic E-state index is 12.9. The minimum absolute atomic E-state index is 0.194. The van der Waals surface area contributed by atoms with Crippen molar-refractivity contribution in [1.29, 1.82) is 0 Å². The molecule has 2 aromatic rings. The maximum Gasteiger partial charge on any atom is 0.128 e. The van der Waals surface area contributed by atoms with Crippen molar-refractivity contribution >= 4 is 11.5 Å². The van der Waals surface area contributed by atoms with Gasteiger partial charge in [0.1, 0.15) is 11.6 Å². The number of hydrogen-bond donors (Lipinski definition) is 1. The summed E-state index contributed by atoms with van der Waals surface area (Å²) in [4.78, 5) is 6.69. The molecule has 1 aliphatic rings. The number of hydrogen-bond acceptors (Lipinski definition) is 3. The molecule has 20 heavy (non-hydrogen) atoms. The summed E-state index contributed by atoms with van der Waals surface area (Å²) in [6, 6.07) is 13.0. The number of anilines is 2. The van der Waals surface area contributed by atoms with Crippen molar-refractivity contribution in [2.45, 2.75) is 18.9 Å². The molecule has 0 radical (unpaired) electrons. The van der Waals surface area contributed by atoms with Crippen LogP contribution in [-0.2, 0) is 0 Å². The minimum Gasteiger partial charge on any atom is -0.382 e. The molecule has 1 aliphatic heterocycles. The van der Waals surface area contributed by atoms with Gasteiger partial charge in [0, 0.05) is 31.0 Å². The van der Waals surface area contributed by atoms with Crippen molar-refractivity contribution in [3.05, 3.63) is 54.5 Å². The number of rotatable bonds is 3. The number of aromatic nitrogens is 1. The van der Waals surface area contributed by atoms with E-state index in [1.165, 1.54) is 12.1 Å². The highest BCUT2D eigenvalue weighted by molar-refractivity contribution is 5.45. The molecule has 0 bridgehead atoms. The molecule has 1 saturated heterocycles. The predicted molar refractivity (Wildman–Crippen MR) is 79.5 cm³/mol. The first-order chi connectivity index (χ1) is 9.81. The molecule has 0 amide bonds. The lowest BCUT2D eigenvalue weighted by molar-refractivity contribution is 0.523. The molecule has 2 heterocycles. The standard InChI is InChI=1S/C16H18FN3/c17-13-4-6-14(7-5-13)19-15-8-11-20(12-9-15)16-3-1-2-10-18-16/h1-7,10,15,19H,8-9,11-12H2. The summed E-state index contributed by atoms with van der Waals surface area (Å²) >= 11 is 0. The molecule has 4 heteroatoms. The van der Waals surface area contributed by atoms with E-state index in [4.69, 9.17) is 0 Å². The summed E-state index contributed by atoms with van der Waals surface area (Å²) in [6.07, 6.45) is 3.96. The van der Waals surface area contributed by atoms with Gasteiger partial charge in [0.25, 0.3) is 0 Å². The first-order valence-corrected chi connectivity index (χ1v) is 6.99. The molecule has 0 saturated carbocycles. The predicted octanol–water partition coefficient (Wildman–Crippen LogP) is 3.30. The van der Waals surface area contributed by atoms with Crippen LogP contribution < -0.4 is 10.2 Å². The fourth-order valence-electron chi connectivity index (χ4n) is 2.58. The number of pyridine rings is 1. The molecule has 104 valence electrons. The van der Waals surface area contributed by atoms with E-state index in [0.717, 1.165) is 37.4 Å². The third-order valence-corrected chi connectivity index (χ3v) is 3.68. The molecule has 1 fully saturated rings. The van der Waals surface area contributed by atoms with Crippen molar-refractivity contribution in [2.75, 3.05) is 23.3 Å². The SMILES string of the molecule is Fc1ccc(NC2CCN(c3ccccn3)CC2)cc1. The molecule has 1 N–H and O–H groups in total. The Bertz CT molecular complexity index is 533. The van der Waals surface area contributed by atoms with Gasteiger partial charge in [0.15, 0.2) is 0 Å². The Hall–Kier alpha value is -2.10. The van der Waals surface area contributed by atoms with Gasteiger partial charge >= 0.3 is 0 Å². The topological polar surface area (TPSA) is 28.2 Å². The number of nitrogens with zero attached hydrogens (tertiary/aromatic N) is 2. The average Bonchev–Trinajstić information content (AvgIpc) is 2.51. The summed E-state index contributed by atoms with van der Waals surface area (Å²) in [5, 5.41) is 3.47. The second-order valence-electron chi connectivity index (χ2n) is 5.10. The summed E-state index contributed by atoms with van der Waals surface area (Å²) in [6.45, 7) is 1.99. The smallest absolute Gasteiger partial charge is 0.128 e. The zero-order valence-corrected chi connectivity index (χ0v) is 11.3. The van der Waals surface area contributed by atoms with Crippen LogP contribution >= 0.6 is 0 Å². The van der Waals surface area contributed by atoms with Gasteiger partial charge in [-0.05, 0) is 49.2 Å². The van der Waals surface area contributed by atoms with Crippen LogP contribution in [0.15, 0.2) is 48.7 Å². The fourth-order valence-corrected chi connectivity index (χ4v) is 2.58. The second-order valence-corrected chi connectivity index (χ2v) is 5.10. The van der Waals surface area contributed by atoms with Crippen molar-refractivity contribution in [3.8, 4) is 0 Å². The van der Waals surface area contributed by atoms with Gasteiger partial charge in [0.05, 0.1) is 0 Å². The Balaban J connectivity index is 1.55. The van der Waals surface area contributed by atoms with E-state index in [2.05, 4.69) is 15.2 Å². The summed E-state index contributed by atoms with van der Waals surface area (Å²) in [5.74, 6) is 0.855. The Morgan fingerprint density at radius 2 is 1.80 bits per heavy atom. The first-order valence-electron chi connectivity index (χ1n) is 6.99. The van der Waals surface area contributed by atoms with Crippen LogP contribution in [-0.4, -0.2) is 24.1 Å². The van der Waals surface area contributed by atoms with Crippen LogP contribution in [0.25, 0.3) is 0 Å². The van der Waals surface area contributed by atoms with E-state index in [9.17, 15) is 4.39 Å². The summed E-state index contributed by atoms with van der Waals surface area (Å²) < 4.78 is 12.9. The highest BCUT2D eigenvalue weighted by atomic mass is 19.1. The molecule has 3 rings (SSSR count). The summed E-state index contributed by atoms with van der Waals surface area (Å²) in [5.41, 5.74) is 0.989. The van der Waals surface area contributed by atoms with Gasteiger partial charge in [0.2, 0.25) is 0 Å². The van der Waals surface area contributed by atoms with E-state index < -0.39 is 0 Å². The van der Waals surface area contributed by atoms with E-state index in [-0.39, 0.29) is 5.82 Å². The lowest BCUT2D eigenvalue weighted by Crippen LogP contribution is -2.39. The van der Waals surface area contributed by atoms with Gasteiger partial charge < -0.3 is 10.2 Å². The molecular formula is C16H18FN3. The molecule has 3 nitrogen and oxygen atoms in total. The van der Waals surface area contributed by atoms with Crippen LogP contribution in [0.2, 0.25) is 0 Å². The quantitative estimate of drug-likeness (QED) is 0.928. The molecule has 0 atom stereocenters. The number of piperidine rings is 1. The first kappa shape index (κ1) is 12.9. The van der Waals surface area contributed by atoms with Gasteiger partial charge in [-0.25, -0.2) is 9.37 Å². The third kappa shape index (κ3) is 3.07. The zero-order valence-electron chi connectivity index (χ0n) is 11.3. The molecular weight excluding hydrogens is 253 g/mol. The number of benzene rings is 1. The van der Waals surface area contributed by atoms with E-state index in [1.54, 1.807) is 12.1 Å². The zero-order chi connectivity index (χ0) is 13.8. The Morgan fingerprint density at radius 1 is 1.05 bits per heavy atom. The van der Waals surface area contributed by atoms with E-state index in [0.29, 0.717) is 6.04 Å². The second kappa shape index (κ2) is 5.90. The van der Waals surface area contributed by atoms with Crippen LogP contribution in [0.4, 0.5) is 15.9 Å². The van der Waals surface area contributed by atoms with Crippen LogP contribution in [0, 0.1) is 5.82 Å². The Labute approximate surface area is 118 Å². The molecule has 0 aliphatic carbocycles. The number of halogens is 1. The van der Waals surface area contributed by atoms with E-state index >= 15 is 0 Å². The van der Waals surface area contributed by atoms with Gasteiger partial charge in [-0.1, -0.05) is 6.07 Å². The van der Waals surface area contributed by atoms with E-state index in [1.807, 2.05) is 24.4 Å². The average molecular weight is 271 g/mol. The maximum atomic E-state index is 12.9. The minimum atomic E-state index is -0.194. The fraction of sp³-hybridized carbons (Fsp3) is 0.312. The highest BCUT2D eigenvalue weighted by Crippen LogP contribution is 2.20. The van der Waals surface area contributed by atoms with Crippen LogP contribution in [0.1, 0.15) is 12.8 Å². The van der Waals surface area contributed by atoms with Crippen molar-refractivity contribution in [1.82, 2.24) is 4.98 Å². The van der Waals surface area contributed by atoms with Crippen molar-refractivity contribution in [2.24, 2.45) is 0 Å². The van der Waals surface area contributed by atoms with Gasteiger partial charge in [-0.15, -0.1) is 0 Å². The molecule has 0 spiro atoms. The lowest BCUT2D eigenvalue weighted by atomic mass is 10.0. The third-order valence-electron chi connectivity index (χ3n) is 3.68. The molecule has 1 aromatic heterocycles. The number of nitrogens with one attached hydrogen (secondary N) is 1. The largest absolute Gasteiger partial charge is 0.382 e. The monoisotopic (exact) mass is 271 g/mol. The van der Waals surface area contributed by atoms with Crippen molar-refractivity contribution < 1.29 is 4.39 Å². The highest BCUT2D eigenvalue weighted by Gasteiger charge is 2.19. The molecule has 0 unspecified atom stereocenters.